The second-order valence-electron chi connectivity index (χ2n) is 4.57. The maximum absolute atomic E-state index is 12.1. The van der Waals surface area contributed by atoms with Gasteiger partial charge in [-0.1, -0.05) is 22.9 Å². The van der Waals surface area contributed by atoms with Crippen LogP contribution in [-0.4, -0.2) is 27.5 Å². The zero-order valence-electron chi connectivity index (χ0n) is 10.3. The molecule has 0 aromatic carbocycles. The Morgan fingerprint density at radius 3 is 3.00 bits per heavy atom. The number of alkyl halides is 1. The molecule has 0 bridgehead atoms. The average molecular weight is 300 g/mol. The first-order valence-electron chi connectivity index (χ1n) is 6.08. The van der Waals surface area contributed by atoms with E-state index >= 15 is 0 Å². The van der Waals surface area contributed by atoms with E-state index in [4.69, 9.17) is 0 Å². The van der Waals surface area contributed by atoms with E-state index < -0.39 is 0 Å². The van der Waals surface area contributed by atoms with Gasteiger partial charge in [-0.2, -0.15) is 0 Å². The van der Waals surface area contributed by atoms with Gasteiger partial charge in [0.15, 0.2) is 5.82 Å². The highest BCUT2D eigenvalue weighted by molar-refractivity contribution is 9.09. The van der Waals surface area contributed by atoms with Gasteiger partial charge in [0.1, 0.15) is 0 Å². The summed E-state index contributed by atoms with van der Waals surface area (Å²) in [6, 6.07) is 0. The van der Waals surface area contributed by atoms with Gasteiger partial charge in [0, 0.05) is 36.9 Å². The molecule has 2 heterocycles. The van der Waals surface area contributed by atoms with E-state index in [9.17, 15) is 4.79 Å². The highest BCUT2D eigenvalue weighted by atomic mass is 79.9. The summed E-state index contributed by atoms with van der Waals surface area (Å²) in [5.41, 5.74) is 0.0178. The first-order chi connectivity index (χ1) is 8.13. The minimum Gasteiger partial charge on any atom is -0.351 e. The molecule has 4 nitrogen and oxygen atoms in total. The van der Waals surface area contributed by atoms with Crippen LogP contribution in [0.3, 0.4) is 0 Å². The third kappa shape index (κ3) is 2.54. The lowest BCUT2D eigenvalue weighted by atomic mass is 9.99. The van der Waals surface area contributed by atoms with Gasteiger partial charge in [-0.15, -0.1) is 0 Å². The quantitative estimate of drug-likeness (QED) is 0.783. The van der Waals surface area contributed by atoms with Crippen molar-refractivity contribution in [1.82, 2.24) is 9.55 Å². The minimum absolute atomic E-state index is 0.0178. The summed E-state index contributed by atoms with van der Waals surface area (Å²) in [4.78, 5) is 18.9. The van der Waals surface area contributed by atoms with E-state index in [1.165, 1.54) is 0 Å². The molecule has 0 aliphatic carbocycles. The van der Waals surface area contributed by atoms with E-state index in [-0.39, 0.29) is 5.56 Å². The topological polar surface area (TPSA) is 38.1 Å². The van der Waals surface area contributed by atoms with Crippen molar-refractivity contribution in [2.24, 2.45) is 5.92 Å². The van der Waals surface area contributed by atoms with Gasteiger partial charge < -0.3 is 9.47 Å². The molecule has 2 atom stereocenters. The Kier molecular flexibility index (Phi) is 3.86. The standard InChI is InChI=1S/C12H18BrN3O/c1-3-15-7-5-14-11(12(15)17)16-6-4-9(2)10(13)8-16/h5,7,9-10H,3-4,6,8H2,1-2H3. The Morgan fingerprint density at radius 2 is 2.35 bits per heavy atom. The summed E-state index contributed by atoms with van der Waals surface area (Å²) in [5, 5.41) is 0. The summed E-state index contributed by atoms with van der Waals surface area (Å²) < 4.78 is 1.70. The van der Waals surface area contributed by atoms with Gasteiger partial charge in [-0.05, 0) is 19.3 Å². The Morgan fingerprint density at radius 1 is 1.59 bits per heavy atom. The van der Waals surface area contributed by atoms with Crippen molar-refractivity contribution < 1.29 is 0 Å². The Balaban J connectivity index is 2.26. The lowest BCUT2D eigenvalue weighted by Crippen LogP contribution is -2.43. The van der Waals surface area contributed by atoms with Gasteiger partial charge in [-0.25, -0.2) is 4.98 Å². The summed E-state index contributed by atoms with van der Waals surface area (Å²) >= 11 is 3.67. The van der Waals surface area contributed by atoms with E-state index in [1.54, 1.807) is 17.0 Å². The Labute approximate surface area is 110 Å². The van der Waals surface area contributed by atoms with Crippen LogP contribution in [0.1, 0.15) is 20.3 Å². The molecular weight excluding hydrogens is 282 g/mol. The van der Waals surface area contributed by atoms with Crippen molar-refractivity contribution in [3.8, 4) is 0 Å². The van der Waals surface area contributed by atoms with Crippen molar-refractivity contribution in [3.05, 3.63) is 22.7 Å². The average Bonchev–Trinajstić information content (AvgIpc) is 2.33. The van der Waals surface area contributed by atoms with Crippen LogP contribution in [0.25, 0.3) is 0 Å². The Hall–Kier alpha value is -0.840. The first-order valence-corrected chi connectivity index (χ1v) is 6.99. The number of halogens is 1. The van der Waals surface area contributed by atoms with Crippen molar-refractivity contribution in [2.75, 3.05) is 18.0 Å². The summed E-state index contributed by atoms with van der Waals surface area (Å²) in [6.45, 7) is 6.67. The second kappa shape index (κ2) is 5.21. The summed E-state index contributed by atoms with van der Waals surface area (Å²) in [7, 11) is 0. The monoisotopic (exact) mass is 299 g/mol. The maximum Gasteiger partial charge on any atom is 0.293 e. The van der Waals surface area contributed by atoms with Crippen LogP contribution in [0.5, 0.6) is 0 Å². The van der Waals surface area contributed by atoms with Crippen molar-refractivity contribution in [2.45, 2.75) is 31.6 Å². The lowest BCUT2D eigenvalue weighted by molar-refractivity contribution is 0.452. The number of aromatic nitrogens is 2. The van der Waals surface area contributed by atoms with Gasteiger partial charge >= 0.3 is 0 Å². The van der Waals surface area contributed by atoms with Crippen molar-refractivity contribution in [3.63, 3.8) is 0 Å². The SMILES string of the molecule is CCn1ccnc(N2CCC(C)C(Br)C2)c1=O. The molecule has 1 saturated heterocycles. The number of rotatable bonds is 2. The zero-order valence-corrected chi connectivity index (χ0v) is 11.9. The fraction of sp³-hybridized carbons (Fsp3) is 0.667. The molecule has 1 aromatic rings. The highest BCUT2D eigenvalue weighted by Gasteiger charge is 2.26. The molecule has 1 aromatic heterocycles. The number of nitrogens with zero attached hydrogens (tertiary/aromatic N) is 3. The molecule has 1 aliphatic rings. The lowest BCUT2D eigenvalue weighted by Gasteiger charge is -2.34. The van der Waals surface area contributed by atoms with Crippen LogP contribution in [0, 0.1) is 5.92 Å². The molecule has 94 valence electrons. The molecule has 1 aliphatic heterocycles. The van der Waals surface area contributed by atoms with E-state index in [0.29, 0.717) is 23.1 Å². The zero-order chi connectivity index (χ0) is 12.4. The first kappa shape index (κ1) is 12.6. The van der Waals surface area contributed by atoms with Crippen LogP contribution in [-0.2, 0) is 6.54 Å². The molecule has 5 heteroatoms. The molecule has 0 radical (unpaired) electrons. The van der Waals surface area contributed by atoms with Crippen LogP contribution in [0.4, 0.5) is 5.82 Å². The third-order valence-corrected chi connectivity index (χ3v) is 4.59. The molecular formula is C12H18BrN3O. The maximum atomic E-state index is 12.1. The predicted molar refractivity (Wildman–Crippen MR) is 72.9 cm³/mol. The largest absolute Gasteiger partial charge is 0.351 e. The summed E-state index contributed by atoms with van der Waals surface area (Å²) in [5.74, 6) is 1.24. The normalized spacial score (nSPS) is 25.0. The number of hydrogen-bond acceptors (Lipinski definition) is 3. The van der Waals surface area contributed by atoms with Crippen molar-refractivity contribution >= 4 is 21.7 Å². The highest BCUT2D eigenvalue weighted by Crippen LogP contribution is 2.24. The van der Waals surface area contributed by atoms with Crippen LogP contribution >= 0.6 is 15.9 Å². The molecule has 2 unspecified atom stereocenters. The van der Waals surface area contributed by atoms with Gasteiger partial charge in [0.05, 0.1) is 0 Å². The number of piperidine rings is 1. The molecule has 0 spiro atoms. The van der Waals surface area contributed by atoms with Gasteiger partial charge in [-0.3, -0.25) is 4.79 Å². The number of aryl methyl sites for hydroxylation is 1. The van der Waals surface area contributed by atoms with Crippen LogP contribution < -0.4 is 10.5 Å². The van der Waals surface area contributed by atoms with E-state index in [2.05, 4.69) is 32.7 Å². The molecule has 0 amide bonds. The number of hydrogen-bond donors (Lipinski definition) is 0. The van der Waals surface area contributed by atoms with Gasteiger partial charge in [0.2, 0.25) is 0 Å². The molecule has 17 heavy (non-hydrogen) atoms. The molecule has 1 fully saturated rings. The van der Waals surface area contributed by atoms with E-state index in [0.717, 1.165) is 19.5 Å². The van der Waals surface area contributed by atoms with E-state index in [1.807, 2.05) is 6.92 Å². The molecule has 2 rings (SSSR count). The predicted octanol–water partition coefficient (Wildman–Crippen LogP) is 1.87. The third-order valence-electron chi connectivity index (χ3n) is 3.40. The fourth-order valence-electron chi connectivity index (χ4n) is 2.12. The molecule has 0 saturated carbocycles. The van der Waals surface area contributed by atoms with Crippen molar-refractivity contribution in [1.29, 1.82) is 0 Å². The summed E-state index contributed by atoms with van der Waals surface area (Å²) in [6.07, 6.45) is 4.55. The van der Waals surface area contributed by atoms with Crippen LogP contribution in [0.2, 0.25) is 0 Å². The number of anilines is 1. The Bertz CT molecular complexity index is 446. The van der Waals surface area contributed by atoms with Crippen LogP contribution in [0.15, 0.2) is 17.2 Å². The molecule has 0 N–H and O–H groups in total. The van der Waals surface area contributed by atoms with Gasteiger partial charge in [0.25, 0.3) is 5.56 Å². The second-order valence-corrected chi connectivity index (χ2v) is 5.75. The minimum atomic E-state index is 0.0178. The smallest absolute Gasteiger partial charge is 0.293 e. The fourth-order valence-corrected chi connectivity index (χ4v) is 2.73.